The van der Waals surface area contributed by atoms with E-state index in [1.807, 2.05) is 13.0 Å². The molecule has 1 aromatic carbocycles. The van der Waals surface area contributed by atoms with Gasteiger partial charge in [-0.3, -0.25) is 4.79 Å². The predicted molar refractivity (Wildman–Crippen MR) is 101 cm³/mol. The second-order valence-electron chi connectivity index (χ2n) is 7.16. The van der Waals surface area contributed by atoms with Crippen LogP contribution in [-0.2, 0) is 9.53 Å². The molecule has 1 aliphatic rings. The highest BCUT2D eigenvalue weighted by Gasteiger charge is 2.24. The van der Waals surface area contributed by atoms with Gasteiger partial charge in [0.25, 0.3) is 0 Å². The van der Waals surface area contributed by atoms with Gasteiger partial charge in [-0.15, -0.1) is 0 Å². The number of carbonyl (C=O) groups is 1. The Balaban J connectivity index is 0.000000300. The van der Waals surface area contributed by atoms with Crippen LogP contribution in [0, 0.1) is 19.3 Å². The molecule has 24 heavy (non-hydrogen) atoms. The molecule has 1 aliphatic carbocycles. The van der Waals surface area contributed by atoms with Crippen LogP contribution >= 0.6 is 0 Å². The number of ether oxygens (including phenoxy) is 1. The number of carbonyl (C=O) groups excluding carboxylic acids is 1. The first-order valence-electron chi connectivity index (χ1n) is 8.53. The molecule has 0 aromatic heterocycles. The zero-order valence-electron chi connectivity index (χ0n) is 15.7. The van der Waals surface area contributed by atoms with Crippen LogP contribution in [0.2, 0.25) is 0 Å². The van der Waals surface area contributed by atoms with Gasteiger partial charge in [-0.2, -0.15) is 0 Å². The van der Waals surface area contributed by atoms with Gasteiger partial charge in [-0.1, -0.05) is 61.4 Å². The smallest absolute Gasteiger partial charge is 0.325 e. The Bertz CT molecular complexity index is 561. The van der Waals surface area contributed by atoms with Crippen LogP contribution in [0.1, 0.15) is 44.7 Å². The van der Waals surface area contributed by atoms with E-state index in [1.165, 1.54) is 11.1 Å². The largest absolute Gasteiger partial charge is 0.465 e. The molecule has 1 N–H and O–H groups in total. The van der Waals surface area contributed by atoms with Gasteiger partial charge in [0, 0.05) is 5.70 Å². The van der Waals surface area contributed by atoms with Crippen LogP contribution in [0.15, 0.2) is 48.2 Å². The molecular weight excluding hydrogens is 298 g/mol. The van der Waals surface area contributed by atoms with E-state index < -0.39 is 0 Å². The minimum atomic E-state index is -0.211. The van der Waals surface area contributed by atoms with Crippen molar-refractivity contribution >= 4 is 5.97 Å². The molecule has 0 heterocycles. The molecule has 0 bridgehead atoms. The van der Waals surface area contributed by atoms with E-state index in [1.54, 1.807) is 0 Å². The summed E-state index contributed by atoms with van der Waals surface area (Å²) in [5, 5.41) is 3.12. The Morgan fingerprint density at radius 2 is 1.71 bits per heavy atom. The van der Waals surface area contributed by atoms with Gasteiger partial charge in [-0.25, -0.2) is 0 Å². The zero-order chi connectivity index (χ0) is 18.2. The molecule has 0 saturated heterocycles. The minimum absolute atomic E-state index is 0.211. The van der Waals surface area contributed by atoms with Gasteiger partial charge in [-0.05, 0) is 45.1 Å². The second-order valence-corrected chi connectivity index (χ2v) is 7.16. The maximum Gasteiger partial charge on any atom is 0.325 e. The average molecular weight is 329 g/mol. The first-order chi connectivity index (χ1) is 11.2. The third-order valence-electron chi connectivity index (χ3n) is 3.74. The maximum atomic E-state index is 11.2. The molecule has 0 amide bonds. The van der Waals surface area contributed by atoms with E-state index in [0.29, 0.717) is 6.61 Å². The molecule has 0 fully saturated rings. The molecule has 0 atom stereocenters. The van der Waals surface area contributed by atoms with E-state index in [4.69, 9.17) is 4.74 Å². The number of aryl methyl sites for hydroxylation is 2. The molecule has 0 aliphatic heterocycles. The van der Waals surface area contributed by atoms with Crippen LogP contribution in [0.4, 0.5) is 0 Å². The molecule has 0 saturated carbocycles. The maximum absolute atomic E-state index is 11.2. The van der Waals surface area contributed by atoms with Crippen molar-refractivity contribution in [2.75, 3.05) is 13.2 Å². The Morgan fingerprint density at radius 3 is 2.17 bits per heavy atom. The number of hydrogen-bond acceptors (Lipinski definition) is 3. The van der Waals surface area contributed by atoms with Crippen LogP contribution in [0.25, 0.3) is 0 Å². The van der Waals surface area contributed by atoms with E-state index >= 15 is 0 Å². The van der Waals surface area contributed by atoms with Gasteiger partial charge < -0.3 is 10.1 Å². The molecule has 3 heteroatoms. The van der Waals surface area contributed by atoms with Crippen molar-refractivity contribution in [2.45, 2.75) is 47.5 Å². The number of esters is 1. The van der Waals surface area contributed by atoms with Crippen LogP contribution in [0.3, 0.4) is 0 Å². The van der Waals surface area contributed by atoms with E-state index in [-0.39, 0.29) is 17.9 Å². The highest BCUT2D eigenvalue weighted by atomic mass is 16.5. The summed E-state index contributed by atoms with van der Waals surface area (Å²) in [7, 11) is 0. The molecule has 1 aromatic rings. The van der Waals surface area contributed by atoms with Crippen LogP contribution in [-0.4, -0.2) is 19.1 Å². The molecule has 3 nitrogen and oxygen atoms in total. The fraction of sp³-hybridized carbons (Fsp3) is 0.476. The Morgan fingerprint density at radius 1 is 1.17 bits per heavy atom. The summed E-state index contributed by atoms with van der Waals surface area (Å²) in [6.45, 7) is 15.1. The summed E-state index contributed by atoms with van der Waals surface area (Å²) >= 11 is 0. The second kappa shape index (κ2) is 9.31. The number of rotatable bonds is 4. The van der Waals surface area contributed by atoms with Crippen LogP contribution in [0.5, 0.6) is 0 Å². The standard InChI is InChI=1S/C13H21NO2.C8H10/c1-5-16-12(15)9-14-11-6-10(2)7-13(3,4)8-11;1-7-3-5-8(2)6-4-7/h6,14H,2,5,7-9H2,1,3-4H3;3-6H,1-2H3. The first kappa shape index (κ1) is 20.0. The fourth-order valence-electron chi connectivity index (χ4n) is 2.69. The zero-order valence-corrected chi connectivity index (χ0v) is 15.7. The summed E-state index contributed by atoms with van der Waals surface area (Å²) in [6, 6.07) is 8.48. The topological polar surface area (TPSA) is 38.3 Å². The van der Waals surface area contributed by atoms with E-state index in [9.17, 15) is 4.79 Å². The van der Waals surface area contributed by atoms with Gasteiger partial charge in [0.05, 0.1) is 6.61 Å². The molecule has 0 unspecified atom stereocenters. The summed E-state index contributed by atoms with van der Waals surface area (Å²) in [4.78, 5) is 11.2. The summed E-state index contributed by atoms with van der Waals surface area (Å²) in [5.74, 6) is -0.211. The predicted octanol–water partition coefficient (Wildman–Crippen LogP) is 4.70. The fourth-order valence-corrected chi connectivity index (χ4v) is 2.69. The summed E-state index contributed by atoms with van der Waals surface area (Å²) in [6.07, 6.45) is 3.99. The summed E-state index contributed by atoms with van der Waals surface area (Å²) in [5.41, 5.74) is 5.08. The van der Waals surface area contributed by atoms with Gasteiger partial charge in [0.15, 0.2) is 0 Å². The Kier molecular flexibility index (Phi) is 7.76. The van der Waals surface area contributed by atoms with Crippen molar-refractivity contribution in [3.8, 4) is 0 Å². The average Bonchev–Trinajstić information content (AvgIpc) is 2.47. The van der Waals surface area contributed by atoms with Crippen molar-refractivity contribution in [3.05, 3.63) is 59.3 Å². The SMILES string of the molecule is C=C1C=C(NCC(=O)OCC)CC(C)(C)C1.Cc1ccc(C)cc1. The Hall–Kier alpha value is -2.03. The number of nitrogens with one attached hydrogen (secondary N) is 1. The lowest BCUT2D eigenvalue weighted by Crippen LogP contribution is -2.29. The van der Waals surface area contributed by atoms with Gasteiger partial charge in [0.2, 0.25) is 0 Å². The molecule has 2 rings (SSSR count). The molecular formula is C21H31NO2. The molecule has 132 valence electrons. The van der Waals surface area contributed by atoms with Gasteiger partial charge >= 0.3 is 5.97 Å². The van der Waals surface area contributed by atoms with Gasteiger partial charge in [0.1, 0.15) is 6.54 Å². The normalized spacial score (nSPS) is 15.7. The third kappa shape index (κ3) is 8.00. The highest BCUT2D eigenvalue weighted by Crippen LogP contribution is 2.36. The van der Waals surface area contributed by atoms with Crippen molar-refractivity contribution in [3.63, 3.8) is 0 Å². The number of benzene rings is 1. The highest BCUT2D eigenvalue weighted by molar-refractivity contribution is 5.71. The first-order valence-corrected chi connectivity index (χ1v) is 8.53. The van der Waals surface area contributed by atoms with Crippen molar-refractivity contribution in [2.24, 2.45) is 5.41 Å². The number of hydrogen-bond donors (Lipinski definition) is 1. The quantitative estimate of drug-likeness (QED) is 0.814. The number of allylic oxidation sites excluding steroid dienone is 3. The molecule has 0 spiro atoms. The lowest BCUT2D eigenvalue weighted by Gasteiger charge is -2.31. The van der Waals surface area contributed by atoms with E-state index in [0.717, 1.165) is 24.1 Å². The van der Waals surface area contributed by atoms with Crippen molar-refractivity contribution < 1.29 is 9.53 Å². The van der Waals surface area contributed by atoms with Crippen molar-refractivity contribution in [1.82, 2.24) is 5.32 Å². The van der Waals surface area contributed by atoms with Crippen molar-refractivity contribution in [1.29, 1.82) is 0 Å². The monoisotopic (exact) mass is 329 g/mol. The molecule has 0 radical (unpaired) electrons. The van der Waals surface area contributed by atoms with Crippen LogP contribution < -0.4 is 5.32 Å². The lowest BCUT2D eigenvalue weighted by molar-refractivity contribution is -0.141. The minimum Gasteiger partial charge on any atom is -0.465 e. The lowest BCUT2D eigenvalue weighted by atomic mass is 9.77. The van der Waals surface area contributed by atoms with E-state index in [2.05, 4.69) is 63.9 Å². The third-order valence-corrected chi connectivity index (χ3v) is 3.74. The summed E-state index contributed by atoms with van der Waals surface area (Å²) < 4.78 is 4.86. The Labute approximate surface area is 146 Å².